The van der Waals surface area contributed by atoms with Crippen molar-refractivity contribution in [3.63, 3.8) is 0 Å². The lowest BCUT2D eigenvalue weighted by molar-refractivity contribution is -0.138. The summed E-state index contributed by atoms with van der Waals surface area (Å²) in [6.07, 6.45) is -1.51. The first kappa shape index (κ1) is 26.3. The van der Waals surface area contributed by atoms with Gasteiger partial charge in [-0.3, -0.25) is 9.69 Å². The van der Waals surface area contributed by atoms with Crippen molar-refractivity contribution >= 4 is 15.9 Å². The van der Waals surface area contributed by atoms with Crippen molar-refractivity contribution in [1.82, 2.24) is 9.62 Å². The zero-order valence-electron chi connectivity index (χ0n) is 19.4. The van der Waals surface area contributed by atoms with Crippen molar-refractivity contribution < 1.29 is 39.9 Å². The minimum atomic E-state index is -4.61. The highest BCUT2D eigenvalue weighted by Crippen LogP contribution is 2.45. The van der Waals surface area contributed by atoms with Gasteiger partial charge in [-0.1, -0.05) is 0 Å². The molecule has 36 heavy (non-hydrogen) atoms. The van der Waals surface area contributed by atoms with E-state index in [1.54, 1.807) is 9.62 Å². The largest absolute Gasteiger partial charge is 0.489 e. The van der Waals surface area contributed by atoms with Gasteiger partial charge in [0.25, 0.3) is 5.91 Å². The molecular formula is C24H25F5N2O4S. The molecule has 0 spiro atoms. The van der Waals surface area contributed by atoms with Crippen molar-refractivity contribution in [1.29, 1.82) is 0 Å². The van der Waals surface area contributed by atoms with Gasteiger partial charge in [0.2, 0.25) is 10.0 Å². The summed E-state index contributed by atoms with van der Waals surface area (Å²) in [4.78, 5) is 14.0. The van der Waals surface area contributed by atoms with Crippen LogP contribution in [0, 0.1) is 11.6 Å². The molecule has 2 aliphatic rings. The number of piperidine rings is 1. The number of nitrogens with zero attached hydrogens (tertiary/aromatic N) is 1. The molecule has 1 N–H and O–H groups in total. The van der Waals surface area contributed by atoms with Gasteiger partial charge < -0.3 is 4.74 Å². The molecule has 0 unspecified atom stereocenters. The maximum absolute atomic E-state index is 14.8. The summed E-state index contributed by atoms with van der Waals surface area (Å²) in [5.74, 6) is -2.53. The smallest absolute Gasteiger partial charge is 0.416 e. The Morgan fingerprint density at radius 3 is 2.50 bits per heavy atom. The van der Waals surface area contributed by atoms with Crippen LogP contribution in [0.15, 0.2) is 30.3 Å². The van der Waals surface area contributed by atoms with E-state index in [0.29, 0.717) is 24.9 Å². The van der Waals surface area contributed by atoms with Crippen LogP contribution in [0.3, 0.4) is 0 Å². The number of sulfonamides is 1. The first-order valence-corrected chi connectivity index (χ1v) is 13.3. The zero-order chi connectivity index (χ0) is 26.3. The molecule has 196 valence electrons. The topological polar surface area (TPSA) is 75.7 Å². The van der Waals surface area contributed by atoms with E-state index in [0.717, 1.165) is 43.4 Å². The number of carbonyl (C=O) groups is 1. The molecule has 2 aromatic carbocycles. The third kappa shape index (κ3) is 6.52. The molecule has 2 fully saturated rings. The molecule has 0 radical (unpaired) electrons. The van der Waals surface area contributed by atoms with Gasteiger partial charge in [-0.25, -0.2) is 21.9 Å². The number of ether oxygens (including phenoxy) is 1. The van der Waals surface area contributed by atoms with Gasteiger partial charge in [0.1, 0.15) is 23.5 Å². The predicted molar refractivity (Wildman–Crippen MR) is 121 cm³/mol. The number of nitrogens with one attached hydrogen (secondary N) is 1. The Bertz CT molecular complexity index is 1260. The van der Waals surface area contributed by atoms with E-state index >= 15 is 0 Å². The summed E-state index contributed by atoms with van der Waals surface area (Å²) in [6, 6.07) is 4.75. The number of hydrogen-bond acceptors (Lipinski definition) is 5. The highest BCUT2D eigenvalue weighted by atomic mass is 32.2. The van der Waals surface area contributed by atoms with Gasteiger partial charge in [0, 0.05) is 19.2 Å². The highest BCUT2D eigenvalue weighted by molar-refractivity contribution is 7.89. The number of hydrogen-bond donors (Lipinski definition) is 1. The van der Waals surface area contributed by atoms with Crippen LogP contribution in [0.5, 0.6) is 5.75 Å². The van der Waals surface area contributed by atoms with E-state index in [-0.39, 0.29) is 30.3 Å². The van der Waals surface area contributed by atoms with E-state index in [9.17, 15) is 35.2 Å². The molecule has 6 nitrogen and oxygen atoms in total. The summed E-state index contributed by atoms with van der Waals surface area (Å²) in [5.41, 5.74) is -0.899. The molecule has 0 bridgehead atoms. The molecule has 1 amide bonds. The lowest BCUT2D eigenvalue weighted by Gasteiger charge is -2.34. The van der Waals surface area contributed by atoms with E-state index in [2.05, 4.69) is 0 Å². The van der Waals surface area contributed by atoms with Crippen molar-refractivity contribution in [2.45, 2.75) is 50.4 Å². The predicted octanol–water partition coefficient (Wildman–Crippen LogP) is 4.59. The fourth-order valence-corrected chi connectivity index (χ4v) is 4.87. The Morgan fingerprint density at radius 2 is 1.86 bits per heavy atom. The second-order valence-electron chi connectivity index (χ2n) is 9.26. The van der Waals surface area contributed by atoms with Crippen LogP contribution in [0.2, 0.25) is 0 Å². The van der Waals surface area contributed by atoms with Gasteiger partial charge in [-0.2, -0.15) is 13.2 Å². The minimum absolute atomic E-state index is 0.0340. The Morgan fingerprint density at radius 1 is 1.14 bits per heavy atom. The van der Waals surface area contributed by atoms with Gasteiger partial charge >= 0.3 is 6.18 Å². The van der Waals surface area contributed by atoms with Crippen molar-refractivity contribution in [2.24, 2.45) is 0 Å². The van der Waals surface area contributed by atoms with Crippen LogP contribution >= 0.6 is 0 Å². The van der Waals surface area contributed by atoms with Crippen LogP contribution < -0.4 is 9.46 Å². The maximum atomic E-state index is 14.8. The van der Waals surface area contributed by atoms with Gasteiger partial charge in [0.15, 0.2) is 0 Å². The number of rotatable bonds is 7. The number of amides is 1. The molecule has 4 rings (SSSR count). The summed E-state index contributed by atoms with van der Waals surface area (Å²) in [5, 5.41) is 0. The molecule has 0 aromatic heterocycles. The van der Waals surface area contributed by atoms with Crippen molar-refractivity contribution in [2.75, 3.05) is 19.3 Å². The van der Waals surface area contributed by atoms with Gasteiger partial charge in [-0.15, -0.1) is 0 Å². The monoisotopic (exact) mass is 532 g/mol. The number of likely N-dealkylation sites (tertiary alicyclic amines) is 1. The molecule has 1 aliphatic carbocycles. The average molecular weight is 533 g/mol. The maximum Gasteiger partial charge on any atom is 0.416 e. The summed E-state index contributed by atoms with van der Waals surface area (Å²) in [6.45, 7) is 0.610. The van der Waals surface area contributed by atoms with Crippen LogP contribution in [-0.2, 0) is 22.7 Å². The quantitative estimate of drug-likeness (QED) is 0.528. The molecule has 1 saturated carbocycles. The first-order valence-electron chi connectivity index (χ1n) is 11.4. The average Bonchev–Trinajstić information content (AvgIpc) is 3.57. The first-order chi connectivity index (χ1) is 16.8. The van der Waals surface area contributed by atoms with E-state index in [1.807, 2.05) is 0 Å². The SMILES string of the molecule is CS(=O)(=O)NC(=O)c1cc(C2CC2)c(O[C@@H]2CCCN(Cc3cc(F)ccc3C(F)(F)F)C2)cc1F. The molecule has 12 heteroatoms. The molecule has 1 aliphatic heterocycles. The van der Waals surface area contributed by atoms with Crippen molar-refractivity contribution in [3.05, 3.63) is 64.2 Å². The molecule has 1 atom stereocenters. The summed E-state index contributed by atoms with van der Waals surface area (Å²) in [7, 11) is -3.88. The summed E-state index contributed by atoms with van der Waals surface area (Å²) >= 11 is 0. The lowest BCUT2D eigenvalue weighted by atomic mass is 10.0. The molecule has 1 heterocycles. The fraction of sp³-hybridized carbons (Fsp3) is 0.458. The summed E-state index contributed by atoms with van der Waals surface area (Å²) < 4.78 is 99.2. The second kappa shape index (κ2) is 9.97. The standard InChI is InChI=1S/C24H25F5N2O4S/c1-36(33,34)30-23(32)19-10-18(14-4-5-14)22(11-21(19)26)35-17-3-2-8-31(13-17)12-15-9-16(25)6-7-20(15)24(27,28)29/h6-7,9-11,14,17H,2-5,8,12-13H2,1H3,(H,30,32)/t17-/m1/s1. The van der Waals surface area contributed by atoms with Gasteiger partial charge in [-0.05, 0) is 73.5 Å². The lowest BCUT2D eigenvalue weighted by Crippen LogP contribution is -2.41. The third-order valence-electron chi connectivity index (χ3n) is 6.16. The fourth-order valence-electron chi connectivity index (χ4n) is 4.43. The minimum Gasteiger partial charge on any atom is -0.489 e. The Hall–Kier alpha value is -2.73. The van der Waals surface area contributed by atoms with Crippen molar-refractivity contribution in [3.8, 4) is 5.75 Å². The number of benzene rings is 2. The number of carbonyl (C=O) groups excluding carboxylic acids is 1. The second-order valence-corrected chi connectivity index (χ2v) is 11.0. The van der Waals surface area contributed by atoms with E-state index in [1.165, 1.54) is 6.07 Å². The Balaban J connectivity index is 1.52. The van der Waals surface area contributed by atoms with Crippen LogP contribution in [-0.4, -0.2) is 44.7 Å². The number of halogens is 5. The highest BCUT2D eigenvalue weighted by Gasteiger charge is 2.35. The third-order valence-corrected chi connectivity index (χ3v) is 6.72. The normalized spacial score (nSPS) is 19.2. The van der Waals surface area contributed by atoms with Gasteiger partial charge in [0.05, 0.1) is 17.4 Å². The Labute approximate surface area is 205 Å². The van der Waals surface area contributed by atoms with Crippen LogP contribution in [0.4, 0.5) is 22.0 Å². The molecule has 1 saturated heterocycles. The molecule has 2 aromatic rings. The van der Waals surface area contributed by atoms with E-state index < -0.39 is 51.0 Å². The number of alkyl halides is 3. The van der Waals surface area contributed by atoms with Crippen LogP contribution in [0.1, 0.15) is 58.6 Å². The zero-order valence-corrected chi connectivity index (χ0v) is 20.2. The molecular weight excluding hydrogens is 507 g/mol. The Kier molecular flexibility index (Phi) is 7.29. The van der Waals surface area contributed by atoms with Crippen LogP contribution in [0.25, 0.3) is 0 Å². The van der Waals surface area contributed by atoms with E-state index in [4.69, 9.17) is 4.74 Å².